The number of aromatic amines is 1. The number of benzene rings is 2. The summed E-state index contributed by atoms with van der Waals surface area (Å²) in [4.78, 5) is 41.4. The van der Waals surface area contributed by atoms with Crippen LogP contribution in [-0.2, 0) is 22.6 Å². The number of sulfone groups is 1. The van der Waals surface area contributed by atoms with Crippen molar-refractivity contribution in [2.24, 2.45) is 0 Å². The summed E-state index contributed by atoms with van der Waals surface area (Å²) in [5.41, 5.74) is -1.62. The number of anilines is 1. The average molecular weight is 507 g/mol. The third-order valence-electron chi connectivity index (χ3n) is 5.27. The number of aromatic nitrogens is 1. The molecule has 0 unspecified atom stereocenters. The molecule has 0 saturated carbocycles. The van der Waals surface area contributed by atoms with Crippen LogP contribution in [0.15, 0.2) is 64.3 Å². The van der Waals surface area contributed by atoms with Gasteiger partial charge in [0.1, 0.15) is 5.56 Å². The minimum atomic E-state index is -4.68. The Balaban J connectivity index is 2.14. The Hall–Kier alpha value is -3.73. The maximum atomic E-state index is 13.5. The van der Waals surface area contributed by atoms with Gasteiger partial charge in [-0.15, -0.1) is 0 Å². The fraction of sp³-hybridized carbons (Fsp3) is 0.208. The van der Waals surface area contributed by atoms with E-state index in [4.69, 9.17) is 0 Å². The van der Waals surface area contributed by atoms with E-state index in [1.807, 2.05) is 0 Å². The van der Waals surface area contributed by atoms with E-state index in [1.54, 1.807) is 0 Å². The van der Waals surface area contributed by atoms with Gasteiger partial charge in [-0.1, -0.05) is 18.2 Å². The summed E-state index contributed by atoms with van der Waals surface area (Å²) in [6.07, 6.45) is -3.65. The van der Waals surface area contributed by atoms with Gasteiger partial charge >= 0.3 is 6.18 Å². The van der Waals surface area contributed by atoms with Crippen molar-refractivity contribution in [3.63, 3.8) is 0 Å². The van der Waals surface area contributed by atoms with Crippen molar-refractivity contribution in [2.75, 3.05) is 11.2 Å². The van der Waals surface area contributed by atoms with E-state index in [9.17, 15) is 36.0 Å². The fourth-order valence-electron chi connectivity index (χ4n) is 3.45. The second-order valence-corrected chi connectivity index (χ2v) is 9.98. The minimum absolute atomic E-state index is 0.0271. The van der Waals surface area contributed by atoms with Crippen molar-refractivity contribution in [1.29, 1.82) is 0 Å². The van der Waals surface area contributed by atoms with E-state index >= 15 is 0 Å². The first-order valence-corrected chi connectivity index (χ1v) is 12.1. The normalized spacial score (nSPS) is 11.8. The van der Waals surface area contributed by atoms with Gasteiger partial charge in [0.15, 0.2) is 15.6 Å². The first-order chi connectivity index (χ1) is 16.2. The number of Topliss-reactive ketones (excluding diaryl/α,β-unsaturated/α-hetero) is 1. The third kappa shape index (κ3) is 5.86. The van der Waals surface area contributed by atoms with Gasteiger partial charge < -0.3 is 9.88 Å². The molecule has 3 aromatic rings. The van der Waals surface area contributed by atoms with E-state index in [2.05, 4.69) is 4.98 Å². The highest BCUT2D eigenvalue weighted by Gasteiger charge is 2.32. The van der Waals surface area contributed by atoms with Crippen LogP contribution in [0.25, 0.3) is 0 Å². The largest absolute Gasteiger partial charge is 0.416 e. The molecule has 0 atom stereocenters. The number of amides is 1. The van der Waals surface area contributed by atoms with Crippen molar-refractivity contribution < 1.29 is 31.2 Å². The highest BCUT2D eigenvalue weighted by molar-refractivity contribution is 7.90. The van der Waals surface area contributed by atoms with Crippen LogP contribution in [0.4, 0.5) is 18.9 Å². The molecule has 0 fully saturated rings. The Labute approximate surface area is 199 Å². The Morgan fingerprint density at radius 3 is 2.17 bits per heavy atom. The SMILES string of the molecule is CC(=O)c1cc(C(=O)N(Cc2ccc(S(C)(=O)=O)cc2)c2cccc(C(F)(F)F)c2)c(=O)[nH]c1C. The van der Waals surface area contributed by atoms with Crippen LogP contribution in [0.1, 0.15) is 44.5 Å². The molecule has 0 aliphatic carbocycles. The fourth-order valence-corrected chi connectivity index (χ4v) is 4.08. The minimum Gasteiger partial charge on any atom is -0.325 e. The lowest BCUT2D eigenvalue weighted by Crippen LogP contribution is -2.35. The van der Waals surface area contributed by atoms with Crippen LogP contribution < -0.4 is 10.5 Å². The molecule has 0 aliphatic heterocycles. The zero-order valence-electron chi connectivity index (χ0n) is 18.9. The Kier molecular flexibility index (Phi) is 7.02. The Morgan fingerprint density at radius 1 is 1.00 bits per heavy atom. The van der Waals surface area contributed by atoms with E-state index in [-0.39, 0.29) is 28.4 Å². The van der Waals surface area contributed by atoms with Gasteiger partial charge in [-0.2, -0.15) is 13.2 Å². The van der Waals surface area contributed by atoms with E-state index in [0.29, 0.717) is 5.56 Å². The molecule has 0 spiro atoms. The number of carbonyl (C=O) groups excluding carboxylic acids is 2. The summed E-state index contributed by atoms with van der Waals surface area (Å²) < 4.78 is 63.5. The van der Waals surface area contributed by atoms with Crippen LogP contribution in [0.3, 0.4) is 0 Å². The third-order valence-corrected chi connectivity index (χ3v) is 6.40. The van der Waals surface area contributed by atoms with Crippen LogP contribution in [0.2, 0.25) is 0 Å². The van der Waals surface area contributed by atoms with E-state index in [1.165, 1.54) is 44.2 Å². The van der Waals surface area contributed by atoms with E-state index in [0.717, 1.165) is 35.4 Å². The molecular formula is C24H21F3N2O5S. The Bertz CT molecular complexity index is 1460. The highest BCUT2D eigenvalue weighted by Crippen LogP contribution is 2.32. The number of hydrogen-bond donors (Lipinski definition) is 1. The van der Waals surface area contributed by atoms with Crippen molar-refractivity contribution >= 4 is 27.2 Å². The van der Waals surface area contributed by atoms with Crippen molar-refractivity contribution in [3.05, 3.63) is 92.9 Å². The first-order valence-electron chi connectivity index (χ1n) is 10.2. The van der Waals surface area contributed by atoms with Crippen molar-refractivity contribution in [1.82, 2.24) is 4.98 Å². The van der Waals surface area contributed by atoms with Crippen LogP contribution in [-0.4, -0.2) is 31.3 Å². The lowest BCUT2D eigenvalue weighted by atomic mass is 10.1. The number of aryl methyl sites for hydroxylation is 1. The quantitative estimate of drug-likeness (QED) is 0.506. The zero-order valence-corrected chi connectivity index (χ0v) is 19.8. The number of nitrogens with one attached hydrogen (secondary N) is 1. The second kappa shape index (κ2) is 9.49. The molecule has 184 valence electrons. The molecule has 1 N–H and O–H groups in total. The topological polar surface area (TPSA) is 104 Å². The number of halogens is 3. The van der Waals surface area contributed by atoms with Crippen LogP contribution in [0.5, 0.6) is 0 Å². The van der Waals surface area contributed by atoms with Gasteiger partial charge in [0.2, 0.25) is 0 Å². The predicted molar refractivity (Wildman–Crippen MR) is 123 cm³/mol. The molecule has 1 heterocycles. The lowest BCUT2D eigenvalue weighted by Gasteiger charge is -2.24. The smallest absolute Gasteiger partial charge is 0.325 e. The molecule has 1 amide bonds. The number of alkyl halides is 3. The molecule has 11 heteroatoms. The predicted octanol–water partition coefficient (Wildman–Crippen LogP) is 4.16. The number of H-pyrrole nitrogens is 1. The summed E-state index contributed by atoms with van der Waals surface area (Å²) >= 11 is 0. The van der Waals surface area contributed by atoms with Gasteiger partial charge in [0.25, 0.3) is 11.5 Å². The number of ketones is 1. The summed E-state index contributed by atoms with van der Waals surface area (Å²) in [5.74, 6) is -1.34. The number of pyridine rings is 1. The summed E-state index contributed by atoms with van der Waals surface area (Å²) in [5, 5.41) is 0. The first kappa shape index (κ1) is 25.9. The van der Waals surface area contributed by atoms with Crippen LogP contribution >= 0.6 is 0 Å². The van der Waals surface area contributed by atoms with Crippen molar-refractivity contribution in [2.45, 2.75) is 31.5 Å². The molecule has 7 nitrogen and oxygen atoms in total. The summed E-state index contributed by atoms with van der Waals surface area (Å²) in [7, 11) is -3.49. The lowest BCUT2D eigenvalue weighted by molar-refractivity contribution is -0.137. The molecule has 35 heavy (non-hydrogen) atoms. The zero-order chi connectivity index (χ0) is 26.1. The van der Waals surface area contributed by atoms with Gasteiger partial charge in [-0.05, 0) is 55.8 Å². The van der Waals surface area contributed by atoms with Crippen LogP contribution in [0, 0.1) is 6.92 Å². The number of hydrogen-bond acceptors (Lipinski definition) is 5. The van der Waals surface area contributed by atoms with Gasteiger partial charge in [0, 0.05) is 23.2 Å². The highest BCUT2D eigenvalue weighted by atomic mass is 32.2. The molecule has 0 aliphatic rings. The molecule has 0 radical (unpaired) electrons. The monoisotopic (exact) mass is 506 g/mol. The van der Waals surface area contributed by atoms with Gasteiger partial charge in [-0.25, -0.2) is 8.42 Å². The maximum absolute atomic E-state index is 13.5. The summed E-state index contributed by atoms with van der Waals surface area (Å²) in [6.45, 7) is 2.47. The molecule has 1 aromatic heterocycles. The average Bonchev–Trinajstić information content (AvgIpc) is 2.76. The maximum Gasteiger partial charge on any atom is 0.416 e. The molecular weight excluding hydrogens is 485 g/mol. The number of rotatable bonds is 6. The summed E-state index contributed by atoms with van der Waals surface area (Å²) in [6, 6.07) is 10.6. The second-order valence-electron chi connectivity index (χ2n) is 7.96. The van der Waals surface area contributed by atoms with Crippen molar-refractivity contribution in [3.8, 4) is 0 Å². The molecule has 0 bridgehead atoms. The molecule has 0 saturated heterocycles. The molecule has 3 rings (SSSR count). The Morgan fingerprint density at radius 2 is 1.63 bits per heavy atom. The van der Waals surface area contributed by atoms with Gasteiger partial charge in [-0.3, -0.25) is 14.4 Å². The standard InChI is InChI=1S/C24H21F3N2O5S/c1-14-20(15(2)30)12-21(22(31)28-14)23(32)29(18-6-4-5-17(11-18)24(25,26)27)13-16-7-9-19(10-8-16)35(3,33)34/h4-12H,13H2,1-3H3,(H,28,31). The van der Waals surface area contributed by atoms with E-state index < -0.39 is 44.4 Å². The number of nitrogens with zero attached hydrogens (tertiary/aromatic N) is 1. The molecule has 2 aromatic carbocycles. The number of carbonyl (C=O) groups is 2. The van der Waals surface area contributed by atoms with Gasteiger partial charge in [0.05, 0.1) is 17.0 Å².